The third-order valence-electron chi connectivity index (χ3n) is 6.32. The normalized spacial score (nSPS) is 17.5. The first kappa shape index (κ1) is 22.1. The van der Waals surface area contributed by atoms with Gasteiger partial charge in [0.05, 0.1) is 11.4 Å². The second kappa shape index (κ2) is 8.57. The van der Waals surface area contributed by atoms with Crippen LogP contribution in [-0.4, -0.2) is 27.1 Å². The lowest BCUT2D eigenvalue weighted by atomic mass is 9.92. The first-order valence-electron chi connectivity index (χ1n) is 11.2. The van der Waals surface area contributed by atoms with E-state index in [0.717, 1.165) is 32.9 Å². The van der Waals surface area contributed by atoms with Crippen LogP contribution in [0.2, 0.25) is 0 Å². The first-order chi connectivity index (χ1) is 16.4. The molecule has 4 aromatic rings. The molecule has 2 aromatic heterocycles. The van der Waals surface area contributed by atoms with Crippen LogP contribution in [0.4, 0.5) is 5.69 Å². The Morgan fingerprint density at radius 1 is 1.09 bits per heavy atom. The van der Waals surface area contributed by atoms with E-state index in [1.54, 1.807) is 20.9 Å². The van der Waals surface area contributed by atoms with Crippen molar-refractivity contribution in [1.82, 2.24) is 15.1 Å². The number of benzene rings is 2. The Labute approximate surface area is 202 Å². The number of carbonyl (C=O) groups is 2. The van der Waals surface area contributed by atoms with Crippen molar-refractivity contribution < 1.29 is 9.59 Å². The average Bonchev–Trinajstić information content (AvgIpc) is 3.50. The van der Waals surface area contributed by atoms with Gasteiger partial charge in [0.25, 0.3) is 5.91 Å². The molecule has 1 N–H and O–H groups in total. The van der Waals surface area contributed by atoms with Gasteiger partial charge < -0.3 is 5.32 Å². The van der Waals surface area contributed by atoms with Crippen molar-refractivity contribution in [2.75, 3.05) is 4.90 Å². The van der Waals surface area contributed by atoms with E-state index in [0.29, 0.717) is 12.2 Å². The fourth-order valence-corrected chi connectivity index (χ4v) is 5.11. The van der Waals surface area contributed by atoms with Crippen molar-refractivity contribution in [3.8, 4) is 10.6 Å². The van der Waals surface area contributed by atoms with Gasteiger partial charge in [0, 0.05) is 12.2 Å². The van der Waals surface area contributed by atoms with Crippen LogP contribution in [-0.2, 0) is 17.9 Å². The highest BCUT2D eigenvalue weighted by Gasteiger charge is 2.49. The zero-order valence-corrected chi connectivity index (χ0v) is 20.2. The Morgan fingerprint density at radius 3 is 2.62 bits per heavy atom. The van der Waals surface area contributed by atoms with Gasteiger partial charge in [-0.25, -0.2) is 0 Å². The van der Waals surface area contributed by atoms with E-state index in [1.807, 2.05) is 92.9 Å². The van der Waals surface area contributed by atoms with Crippen molar-refractivity contribution in [2.45, 2.75) is 39.4 Å². The molecular formula is C27H26N4O2S. The molecular weight excluding hydrogens is 444 g/mol. The molecule has 5 rings (SSSR count). The van der Waals surface area contributed by atoms with E-state index < -0.39 is 5.54 Å². The number of carbonyl (C=O) groups excluding carboxylic acids is 2. The molecule has 1 aliphatic rings. The maximum atomic E-state index is 13.9. The van der Waals surface area contributed by atoms with Crippen LogP contribution in [0.5, 0.6) is 0 Å². The maximum Gasteiger partial charge on any atom is 0.277 e. The molecule has 2 aromatic carbocycles. The molecule has 0 unspecified atom stereocenters. The third-order valence-corrected chi connectivity index (χ3v) is 7.21. The third kappa shape index (κ3) is 3.82. The van der Waals surface area contributed by atoms with Crippen LogP contribution in [0.3, 0.4) is 0 Å². The van der Waals surface area contributed by atoms with Crippen molar-refractivity contribution in [1.29, 1.82) is 0 Å². The van der Waals surface area contributed by atoms with Gasteiger partial charge in [0.2, 0.25) is 5.91 Å². The monoisotopic (exact) mass is 470 g/mol. The van der Waals surface area contributed by atoms with Crippen molar-refractivity contribution in [3.63, 3.8) is 0 Å². The number of amides is 2. The smallest absolute Gasteiger partial charge is 0.277 e. The minimum atomic E-state index is -1.16. The molecule has 0 radical (unpaired) electrons. The van der Waals surface area contributed by atoms with Crippen molar-refractivity contribution in [3.05, 3.63) is 94.5 Å². The molecule has 0 saturated carbocycles. The summed E-state index contributed by atoms with van der Waals surface area (Å²) >= 11 is 1.57. The minimum Gasteiger partial charge on any atom is -0.350 e. The van der Waals surface area contributed by atoms with Gasteiger partial charge in [-0.3, -0.25) is 19.2 Å². The molecule has 1 aliphatic heterocycles. The Hall–Kier alpha value is -3.71. The van der Waals surface area contributed by atoms with E-state index in [-0.39, 0.29) is 18.4 Å². The summed E-state index contributed by atoms with van der Waals surface area (Å²) in [4.78, 5) is 30.3. The zero-order chi connectivity index (χ0) is 23.9. The van der Waals surface area contributed by atoms with Crippen LogP contribution in [0.1, 0.15) is 34.1 Å². The van der Waals surface area contributed by atoms with Gasteiger partial charge >= 0.3 is 0 Å². The average molecular weight is 471 g/mol. The largest absolute Gasteiger partial charge is 0.350 e. The number of fused-ring (bicyclic) bond motifs is 1. The van der Waals surface area contributed by atoms with Crippen LogP contribution in [0.25, 0.3) is 10.6 Å². The minimum absolute atomic E-state index is 0.218. The van der Waals surface area contributed by atoms with E-state index in [9.17, 15) is 9.59 Å². The number of hydrogen-bond acceptors (Lipinski definition) is 4. The number of nitrogens with one attached hydrogen (secondary N) is 1. The molecule has 3 heterocycles. The molecule has 0 aliphatic carbocycles. The highest BCUT2D eigenvalue weighted by atomic mass is 32.1. The summed E-state index contributed by atoms with van der Waals surface area (Å²) in [5.74, 6) is -0.447. The Kier molecular flexibility index (Phi) is 5.57. The Morgan fingerprint density at radius 2 is 1.88 bits per heavy atom. The lowest BCUT2D eigenvalue weighted by Crippen LogP contribution is -2.64. The maximum absolute atomic E-state index is 13.9. The number of nitrogens with zero attached hydrogens (tertiary/aromatic N) is 3. The van der Waals surface area contributed by atoms with Gasteiger partial charge in [-0.05, 0) is 61.0 Å². The van der Waals surface area contributed by atoms with E-state index in [4.69, 9.17) is 5.10 Å². The molecule has 0 spiro atoms. The van der Waals surface area contributed by atoms with Gasteiger partial charge in [-0.1, -0.05) is 48.5 Å². The SMILES string of the molecule is Cc1ccc(C)c(N2C(=O)c3cc(-c4cccs4)nn3C[C@]2(C)C(=O)NCc2ccccc2)c1. The van der Waals surface area contributed by atoms with Crippen LogP contribution >= 0.6 is 11.3 Å². The van der Waals surface area contributed by atoms with Gasteiger partial charge in [-0.2, -0.15) is 5.10 Å². The number of aryl methyl sites for hydroxylation is 2. The first-order valence-corrected chi connectivity index (χ1v) is 12.1. The van der Waals surface area contributed by atoms with E-state index >= 15 is 0 Å². The summed E-state index contributed by atoms with van der Waals surface area (Å²) in [5, 5.41) is 9.75. The highest BCUT2D eigenvalue weighted by molar-refractivity contribution is 7.13. The Bertz CT molecular complexity index is 1360. The predicted octanol–water partition coefficient (Wildman–Crippen LogP) is 4.96. The fraction of sp³-hybridized carbons (Fsp3) is 0.222. The molecule has 0 saturated heterocycles. The van der Waals surface area contributed by atoms with Crippen molar-refractivity contribution >= 4 is 28.8 Å². The van der Waals surface area contributed by atoms with Gasteiger partial charge in [0.15, 0.2) is 0 Å². The summed E-state index contributed by atoms with van der Waals surface area (Å²) < 4.78 is 1.68. The summed E-state index contributed by atoms with van der Waals surface area (Å²) in [5.41, 5.74) is 3.78. The molecule has 1 atom stereocenters. The number of aromatic nitrogens is 2. The highest BCUT2D eigenvalue weighted by Crippen LogP contribution is 2.36. The summed E-state index contributed by atoms with van der Waals surface area (Å²) in [6.07, 6.45) is 0. The molecule has 0 fully saturated rings. The lowest BCUT2D eigenvalue weighted by molar-refractivity contribution is -0.126. The standard InChI is InChI=1S/C27H26N4O2S/c1-18-11-12-19(2)22(14-18)31-25(32)23-15-21(24-10-7-13-34-24)29-30(23)17-27(31,3)26(33)28-16-20-8-5-4-6-9-20/h4-15H,16-17H2,1-3H3,(H,28,33)/t27-/m1/s1. The fourth-order valence-electron chi connectivity index (χ4n) is 4.43. The lowest BCUT2D eigenvalue weighted by Gasteiger charge is -2.43. The van der Waals surface area contributed by atoms with Crippen LogP contribution in [0, 0.1) is 13.8 Å². The molecule has 34 heavy (non-hydrogen) atoms. The van der Waals surface area contributed by atoms with E-state index in [2.05, 4.69) is 5.32 Å². The molecule has 0 bridgehead atoms. The second-order valence-electron chi connectivity index (χ2n) is 8.92. The van der Waals surface area contributed by atoms with Crippen LogP contribution < -0.4 is 10.2 Å². The second-order valence-corrected chi connectivity index (χ2v) is 9.87. The topological polar surface area (TPSA) is 67.2 Å². The predicted molar refractivity (Wildman–Crippen MR) is 135 cm³/mol. The zero-order valence-electron chi connectivity index (χ0n) is 19.4. The number of hydrogen-bond donors (Lipinski definition) is 1. The molecule has 7 heteroatoms. The molecule has 6 nitrogen and oxygen atoms in total. The summed E-state index contributed by atoms with van der Waals surface area (Å²) in [6, 6.07) is 21.5. The van der Waals surface area contributed by atoms with Gasteiger partial charge in [-0.15, -0.1) is 11.3 Å². The van der Waals surface area contributed by atoms with Crippen LogP contribution in [0.15, 0.2) is 72.1 Å². The van der Waals surface area contributed by atoms with Gasteiger partial charge in [0.1, 0.15) is 16.9 Å². The number of thiophene rings is 1. The van der Waals surface area contributed by atoms with E-state index in [1.165, 1.54) is 0 Å². The quantitative estimate of drug-likeness (QED) is 0.448. The van der Waals surface area contributed by atoms with Crippen molar-refractivity contribution in [2.24, 2.45) is 0 Å². The summed E-state index contributed by atoms with van der Waals surface area (Å²) in [7, 11) is 0. The number of rotatable bonds is 5. The summed E-state index contributed by atoms with van der Waals surface area (Å²) in [6.45, 7) is 6.42. The molecule has 172 valence electrons. The Balaban J connectivity index is 1.58. The number of anilines is 1. The molecule has 2 amide bonds.